The van der Waals surface area contributed by atoms with Gasteiger partial charge in [0, 0.05) is 26.0 Å². The standard InChI is InChI=1S/C13H14FN3/c1-17(9-10-3-2-6-16-8-10)13-5-4-11(14)7-12(13)15/h2-8H,9,15H2,1H3. The average Bonchev–Trinajstić information content (AvgIpc) is 2.30. The molecule has 17 heavy (non-hydrogen) atoms. The Morgan fingerprint density at radius 1 is 1.35 bits per heavy atom. The first-order chi connectivity index (χ1) is 8.16. The molecule has 4 heteroatoms. The van der Waals surface area contributed by atoms with Crippen LogP contribution in [-0.2, 0) is 6.54 Å². The topological polar surface area (TPSA) is 42.2 Å². The van der Waals surface area contributed by atoms with Gasteiger partial charge in [-0.25, -0.2) is 4.39 Å². The zero-order valence-electron chi connectivity index (χ0n) is 9.60. The van der Waals surface area contributed by atoms with Gasteiger partial charge in [0.15, 0.2) is 0 Å². The number of rotatable bonds is 3. The molecule has 0 saturated heterocycles. The van der Waals surface area contributed by atoms with Crippen LogP contribution in [0.4, 0.5) is 15.8 Å². The molecular formula is C13H14FN3. The zero-order chi connectivity index (χ0) is 12.3. The Morgan fingerprint density at radius 2 is 2.18 bits per heavy atom. The van der Waals surface area contributed by atoms with Crippen LogP contribution in [0.5, 0.6) is 0 Å². The summed E-state index contributed by atoms with van der Waals surface area (Å²) < 4.78 is 12.9. The van der Waals surface area contributed by atoms with Crippen molar-refractivity contribution < 1.29 is 4.39 Å². The Hall–Kier alpha value is -2.10. The molecule has 2 aromatic rings. The summed E-state index contributed by atoms with van der Waals surface area (Å²) in [7, 11) is 1.91. The van der Waals surface area contributed by atoms with Crippen LogP contribution in [-0.4, -0.2) is 12.0 Å². The highest BCUT2D eigenvalue weighted by molar-refractivity contribution is 5.67. The molecule has 1 heterocycles. The molecule has 0 aliphatic carbocycles. The summed E-state index contributed by atoms with van der Waals surface area (Å²) in [6.07, 6.45) is 3.53. The monoisotopic (exact) mass is 231 g/mol. The highest BCUT2D eigenvalue weighted by Crippen LogP contribution is 2.23. The van der Waals surface area contributed by atoms with E-state index < -0.39 is 0 Å². The molecule has 0 spiro atoms. The molecule has 1 aromatic heterocycles. The van der Waals surface area contributed by atoms with E-state index in [1.165, 1.54) is 12.1 Å². The van der Waals surface area contributed by atoms with Crippen molar-refractivity contribution in [3.05, 3.63) is 54.1 Å². The number of halogens is 1. The second-order valence-corrected chi connectivity index (χ2v) is 3.92. The lowest BCUT2D eigenvalue weighted by molar-refractivity contribution is 0.628. The highest BCUT2D eigenvalue weighted by atomic mass is 19.1. The van der Waals surface area contributed by atoms with Crippen molar-refractivity contribution in [2.45, 2.75) is 6.54 Å². The van der Waals surface area contributed by atoms with Gasteiger partial charge in [0.2, 0.25) is 0 Å². The van der Waals surface area contributed by atoms with Crippen molar-refractivity contribution in [3.8, 4) is 0 Å². The van der Waals surface area contributed by atoms with Crippen LogP contribution in [0.25, 0.3) is 0 Å². The predicted molar refractivity (Wildman–Crippen MR) is 67.2 cm³/mol. The molecule has 0 aliphatic heterocycles. The number of hydrogen-bond acceptors (Lipinski definition) is 3. The molecule has 0 fully saturated rings. The fourth-order valence-electron chi connectivity index (χ4n) is 1.72. The number of nitrogens with zero attached hydrogens (tertiary/aromatic N) is 2. The van der Waals surface area contributed by atoms with Gasteiger partial charge in [-0.2, -0.15) is 0 Å². The van der Waals surface area contributed by atoms with Crippen molar-refractivity contribution in [1.82, 2.24) is 4.98 Å². The largest absolute Gasteiger partial charge is 0.397 e. The molecular weight excluding hydrogens is 217 g/mol. The van der Waals surface area contributed by atoms with E-state index in [4.69, 9.17) is 5.73 Å². The van der Waals surface area contributed by atoms with Crippen molar-refractivity contribution in [1.29, 1.82) is 0 Å². The maximum absolute atomic E-state index is 12.9. The van der Waals surface area contributed by atoms with E-state index in [0.29, 0.717) is 12.2 Å². The van der Waals surface area contributed by atoms with E-state index in [0.717, 1.165) is 11.3 Å². The number of hydrogen-bond donors (Lipinski definition) is 1. The number of aromatic nitrogens is 1. The summed E-state index contributed by atoms with van der Waals surface area (Å²) in [5.41, 5.74) is 8.12. The fourth-order valence-corrected chi connectivity index (χ4v) is 1.72. The van der Waals surface area contributed by atoms with Crippen LogP contribution in [0.2, 0.25) is 0 Å². The first-order valence-electron chi connectivity index (χ1n) is 5.32. The van der Waals surface area contributed by atoms with Gasteiger partial charge in [-0.05, 0) is 29.8 Å². The lowest BCUT2D eigenvalue weighted by atomic mass is 10.2. The SMILES string of the molecule is CN(Cc1cccnc1)c1ccc(F)cc1N. The minimum Gasteiger partial charge on any atom is -0.397 e. The minimum absolute atomic E-state index is 0.318. The molecule has 88 valence electrons. The summed E-state index contributed by atoms with van der Waals surface area (Å²) in [5, 5.41) is 0. The molecule has 2 rings (SSSR count). The van der Waals surface area contributed by atoms with E-state index in [1.807, 2.05) is 24.1 Å². The van der Waals surface area contributed by atoms with E-state index in [9.17, 15) is 4.39 Å². The molecule has 0 amide bonds. The van der Waals surface area contributed by atoms with Crippen LogP contribution < -0.4 is 10.6 Å². The van der Waals surface area contributed by atoms with Crippen LogP contribution in [0, 0.1) is 5.82 Å². The third-order valence-corrected chi connectivity index (χ3v) is 2.54. The number of anilines is 2. The third kappa shape index (κ3) is 2.72. The van der Waals surface area contributed by atoms with Gasteiger partial charge in [0.25, 0.3) is 0 Å². The predicted octanol–water partition coefficient (Wildman–Crippen LogP) is 2.44. The van der Waals surface area contributed by atoms with Crippen molar-refractivity contribution in [2.24, 2.45) is 0 Å². The first kappa shape index (κ1) is 11.4. The van der Waals surface area contributed by atoms with Crippen molar-refractivity contribution in [3.63, 3.8) is 0 Å². The van der Waals surface area contributed by atoms with Crippen LogP contribution >= 0.6 is 0 Å². The molecule has 0 unspecified atom stereocenters. The van der Waals surface area contributed by atoms with Gasteiger partial charge in [0.05, 0.1) is 11.4 Å². The normalized spacial score (nSPS) is 10.2. The Bertz CT molecular complexity index is 499. The maximum atomic E-state index is 12.9. The molecule has 0 radical (unpaired) electrons. The highest BCUT2D eigenvalue weighted by Gasteiger charge is 2.06. The Morgan fingerprint density at radius 3 is 2.82 bits per heavy atom. The van der Waals surface area contributed by atoms with Gasteiger partial charge < -0.3 is 10.6 Å². The summed E-state index contributed by atoms with van der Waals surface area (Å²) in [5.74, 6) is -0.318. The van der Waals surface area contributed by atoms with E-state index in [-0.39, 0.29) is 5.82 Å². The number of nitrogens with two attached hydrogens (primary N) is 1. The molecule has 0 aliphatic rings. The zero-order valence-corrected chi connectivity index (χ0v) is 9.60. The molecule has 0 atom stereocenters. The lowest BCUT2D eigenvalue weighted by Crippen LogP contribution is -2.17. The van der Waals surface area contributed by atoms with Gasteiger partial charge in [-0.1, -0.05) is 6.07 Å². The molecule has 1 aromatic carbocycles. The third-order valence-electron chi connectivity index (χ3n) is 2.54. The summed E-state index contributed by atoms with van der Waals surface area (Å²) in [6.45, 7) is 0.684. The Kier molecular flexibility index (Phi) is 3.23. The second kappa shape index (κ2) is 4.82. The van der Waals surface area contributed by atoms with Gasteiger partial charge in [-0.3, -0.25) is 4.98 Å². The number of nitrogen functional groups attached to an aromatic ring is 1. The van der Waals surface area contributed by atoms with Crippen LogP contribution in [0.3, 0.4) is 0 Å². The smallest absolute Gasteiger partial charge is 0.125 e. The molecule has 3 nitrogen and oxygen atoms in total. The van der Waals surface area contributed by atoms with Gasteiger partial charge in [-0.15, -0.1) is 0 Å². The van der Waals surface area contributed by atoms with Crippen molar-refractivity contribution >= 4 is 11.4 Å². The second-order valence-electron chi connectivity index (χ2n) is 3.92. The van der Waals surface area contributed by atoms with Crippen molar-refractivity contribution in [2.75, 3.05) is 17.7 Å². The van der Waals surface area contributed by atoms with E-state index in [2.05, 4.69) is 4.98 Å². The van der Waals surface area contributed by atoms with E-state index >= 15 is 0 Å². The quantitative estimate of drug-likeness (QED) is 0.825. The molecule has 2 N–H and O–H groups in total. The minimum atomic E-state index is -0.318. The Balaban J connectivity index is 2.17. The maximum Gasteiger partial charge on any atom is 0.125 e. The average molecular weight is 231 g/mol. The van der Waals surface area contributed by atoms with E-state index in [1.54, 1.807) is 18.5 Å². The summed E-state index contributed by atoms with van der Waals surface area (Å²) >= 11 is 0. The number of benzene rings is 1. The lowest BCUT2D eigenvalue weighted by Gasteiger charge is -2.20. The Labute approximate surface area is 99.7 Å². The van der Waals surface area contributed by atoms with Gasteiger partial charge >= 0.3 is 0 Å². The van der Waals surface area contributed by atoms with Gasteiger partial charge in [0.1, 0.15) is 5.82 Å². The fraction of sp³-hybridized carbons (Fsp3) is 0.154. The first-order valence-corrected chi connectivity index (χ1v) is 5.32. The van der Waals surface area contributed by atoms with Crippen LogP contribution in [0.15, 0.2) is 42.7 Å². The number of pyridine rings is 1. The summed E-state index contributed by atoms with van der Waals surface area (Å²) in [6, 6.07) is 8.29. The molecule has 0 saturated carbocycles. The summed E-state index contributed by atoms with van der Waals surface area (Å²) in [4.78, 5) is 6.01. The van der Waals surface area contributed by atoms with Crippen LogP contribution in [0.1, 0.15) is 5.56 Å². The molecule has 0 bridgehead atoms.